The van der Waals surface area contributed by atoms with E-state index in [9.17, 15) is 13.2 Å². The molecule has 0 aliphatic carbocycles. The number of hydrogen-bond donors (Lipinski definition) is 2. The summed E-state index contributed by atoms with van der Waals surface area (Å²) in [5, 5.41) is 8.32. The topological polar surface area (TPSA) is 102 Å². The van der Waals surface area contributed by atoms with Gasteiger partial charge in [0, 0.05) is 6.54 Å². The highest BCUT2D eigenvalue weighted by Gasteiger charge is 2.13. The van der Waals surface area contributed by atoms with Gasteiger partial charge in [0.05, 0.1) is 18.6 Å². The van der Waals surface area contributed by atoms with E-state index >= 15 is 0 Å². The molecule has 0 aliphatic heterocycles. The first-order valence-electron chi connectivity index (χ1n) is 5.39. The number of carbonyl (C=O) groups is 1. The quantitative estimate of drug-likeness (QED) is 0.657. The van der Waals surface area contributed by atoms with Crippen molar-refractivity contribution in [2.45, 2.75) is 4.90 Å². The van der Waals surface area contributed by atoms with Gasteiger partial charge in [-0.3, -0.25) is 0 Å². The summed E-state index contributed by atoms with van der Waals surface area (Å²) in [6, 6.07) is 5.91. The Morgan fingerprint density at radius 2 is 1.95 bits per heavy atom. The Morgan fingerprint density at radius 1 is 1.32 bits per heavy atom. The van der Waals surface area contributed by atoms with Gasteiger partial charge in [-0.25, -0.2) is 17.9 Å². The lowest BCUT2D eigenvalue weighted by Gasteiger charge is -2.07. The molecule has 0 unspecified atom stereocenters. The number of sulfonamides is 1. The summed E-state index contributed by atoms with van der Waals surface area (Å²) in [7, 11) is -2.13. The van der Waals surface area contributed by atoms with E-state index < -0.39 is 22.6 Å². The SMILES string of the molecule is COc1ccc(S(=O)(=O)NCCOCC(=O)O)cc1. The molecule has 2 N–H and O–H groups in total. The van der Waals surface area contributed by atoms with Crippen LogP contribution in [0.5, 0.6) is 5.75 Å². The summed E-state index contributed by atoms with van der Waals surface area (Å²) in [6.07, 6.45) is 0. The predicted octanol–water partition coefficient (Wildman–Crippen LogP) is 0.0747. The lowest BCUT2D eigenvalue weighted by Crippen LogP contribution is -2.28. The normalized spacial score (nSPS) is 11.2. The number of carboxylic acid groups (broad SMARTS) is 1. The summed E-state index contributed by atoms with van der Waals surface area (Å²) in [4.78, 5) is 10.3. The molecule has 8 heteroatoms. The number of carboxylic acids is 1. The van der Waals surface area contributed by atoms with Crippen molar-refractivity contribution in [3.63, 3.8) is 0 Å². The van der Waals surface area contributed by atoms with Gasteiger partial charge in [-0.2, -0.15) is 0 Å². The molecule has 0 saturated heterocycles. The fraction of sp³-hybridized carbons (Fsp3) is 0.364. The standard InChI is InChI=1S/C11H15NO6S/c1-17-9-2-4-10(5-3-9)19(15,16)12-6-7-18-8-11(13)14/h2-5,12H,6-8H2,1H3,(H,13,14). The summed E-state index contributed by atoms with van der Waals surface area (Å²) in [5.74, 6) is -0.540. The largest absolute Gasteiger partial charge is 0.497 e. The molecule has 0 amide bonds. The molecule has 1 aromatic carbocycles. The first-order chi connectivity index (χ1) is 8.95. The van der Waals surface area contributed by atoms with Gasteiger partial charge in [0.15, 0.2) is 0 Å². The molecule has 0 aliphatic rings. The zero-order chi connectivity index (χ0) is 14.3. The summed E-state index contributed by atoms with van der Waals surface area (Å²) in [5.41, 5.74) is 0. The molecule has 19 heavy (non-hydrogen) atoms. The van der Waals surface area contributed by atoms with E-state index in [2.05, 4.69) is 4.72 Å². The first kappa shape index (κ1) is 15.4. The van der Waals surface area contributed by atoms with Gasteiger partial charge in [-0.1, -0.05) is 0 Å². The van der Waals surface area contributed by atoms with Crippen LogP contribution in [0.2, 0.25) is 0 Å². The third-order valence-corrected chi connectivity index (χ3v) is 3.61. The maximum absolute atomic E-state index is 11.8. The van der Waals surface area contributed by atoms with Crippen LogP contribution < -0.4 is 9.46 Å². The van der Waals surface area contributed by atoms with Gasteiger partial charge in [-0.05, 0) is 24.3 Å². The molecule has 0 heterocycles. The number of ether oxygens (including phenoxy) is 2. The molecule has 7 nitrogen and oxygen atoms in total. The smallest absolute Gasteiger partial charge is 0.329 e. The lowest BCUT2D eigenvalue weighted by atomic mass is 10.3. The Morgan fingerprint density at radius 3 is 2.47 bits per heavy atom. The summed E-state index contributed by atoms with van der Waals surface area (Å²) >= 11 is 0. The summed E-state index contributed by atoms with van der Waals surface area (Å²) in [6.45, 7) is -0.465. The maximum Gasteiger partial charge on any atom is 0.329 e. The highest BCUT2D eigenvalue weighted by Crippen LogP contribution is 2.14. The molecule has 106 valence electrons. The Kier molecular flexibility index (Phi) is 5.74. The van der Waals surface area contributed by atoms with Crippen LogP contribution in [0.4, 0.5) is 0 Å². The minimum atomic E-state index is -3.62. The van der Waals surface area contributed by atoms with Crippen LogP contribution in [-0.4, -0.2) is 46.4 Å². The van der Waals surface area contributed by atoms with Gasteiger partial charge < -0.3 is 14.6 Å². The second kappa shape index (κ2) is 7.07. The van der Waals surface area contributed by atoms with Crippen LogP contribution in [0.15, 0.2) is 29.2 Å². The van der Waals surface area contributed by atoms with E-state index in [-0.39, 0.29) is 18.0 Å². The Hall–Kier alpha value is -1.64. The van der Waals surface area contributed by atoms with Crippen molar-refractivity contribution in [1.82, 2.24) is 4.72 Å². The second-order valence-corrected chi connectivity index (χ2v) is 5.29. The molecule has 1 rings (SSSR count). The fourth-order valence-electron chi connectivity index (χ4n) is 1.25. The number of hydrogen-bond acceptors (Lipinski definition) is 5. The molecular weight excluding hydrogens is 274 g/mol. The van der Waals surface area contributed by atoms with E-state index in [4.69, 9.17) is 14.6 Å². The number of methoxy groups -OCH3 is 1. The van der Waals surface area contributed by atoms with Gasteiger partial charge in [-0.15, -0.1) is 0 Å². The Bertz CT molecular complexity index is 510. The van der Waals surface area contributed by atoms with Gasteiger partial charge in [0.2, 0.25) is 10.0 Å². The summed E-state index contributed by atoms with van der Waals surface area (Å²) < 4.78 is 35.6. The average Bonchev–Trinajstić information content (AvgIpc) is 2.38. The van der Waals surface area contributed by atoms with Crippen LogP contribution >= 0.6 is 0 Å². The average molecular weight is 289 g/mol. The van der Waals surface area contributed by atoms with Crippen LogP contribution in [0.3, 0.4) is 0 Å². The number of aliphatic carboxylic acids is 1. The van der Waals surface area contributed by atoms with Gasteiger partial charge >= 0.3 is 5.97 Å². The van der Waals surface area contributed by atoms with Crippen molar-refractivity contribution < 1.29 is 27.8 Å². The lowest BCUT2D eigenvalue weighted by molar-refractivity contribution is -0.142. The monoisotopic (exact) mass is 289 g/mol. The zero-order valence-electron chi connectivity index (χ0n) is 10.3. The molecule has 0 bridgehead atoms. The van der Waals surface area contributed by atoms with Crippen molar-refractivity contribution >= 4 is 16.0 Å². The van der Waals surface area contributed by atoms with Crippen molar-refractivity contribution in [2.75, 3.05) is 26.9 Å². The van der Waals surface area contributed by atoms with E-state index in [0.717, 1.165) is 0 Å². The number of rotatable bonds is 8. The molecule has 0 atom stereocenters. The fourth-order valence-corrected chi connectivity index (χ4v) is 2.26. The first-order valence-corrected chi connectivity index (χ1v) is 6.87. The third kappa shape index (κ3) is 5.25. The van der Waals surface area contributed by atoms with Crippen LogP contribution in [0.25, 0.3) is 0 Å². The minimum absolute atomic E-state index is 0.00163. The van der Waals surface area contributed by atoms with Crippen molar-refractivity contribution in [3.8, 4) is 5.75 Å². The molecular formula is C11H15NO6S. The van der Waals surface area contributed by atoms with Crippen LogP contribution in [-0.2, 0) is 19.6 Å². The molecule has 0 spiro atoms. The highest BCUT2D eigenvalue weighted by atomic mass is 32.2. The van der Waals surface area contributed by atoms with Crippen molar-refractivity contribution in [3.05, 3.63) is 24.3 Å². The predicted molar refractivity (Wildman–Crippen MR) is 66.6 cm³/mol. The van der Waals surface area contributed by atoms with Gasteiger partial charge in [0.25, 0.3) is 0 Å². The van der Waals surface area contributed by atoms with E-state index in [0.29, 0.717) is 5.75 Å². The third-order valence-electron chi connectivity index (χ3n) is 2.13. The van der Waals surface area contributed by atoms with Crippen LogP contribution in [0.1, 0.15) is 0 Å². The molecule has 0 radical (unpaired) electrons. The molecule has 1 aromatic rings. The van der Waals surface area contributed by atoms with Crippen molar-refractivity contribution in [2.24, 2.45) is 0 Å². The van der Waals surface area contributed by atoms with Crippen molar-refractivity contribution in [1.29, 1.82) is 0 Å². The molecule has 0 aromatic heterocycles. The number of benzene rings is 1. The molecule has 0 fully saturated rings. The van der Waals surface area contributed by atoms with E-state index in [1.54, 1.807) is 0 Å². The minimum Gasteiger partial charge on any atom is -0.497 e. The Balaban J connectivity index is 2.48. The van der Waals surface area contributed by atoms with E-state index in [1.165, 1.54) is 31.4 Å². The maximum atomic E-state index is 11.8. The van der Waals surface area contributed by atoms with Crippen LogP contribution in [0, 0.1) is 0 Å². The second-order valence-electron chi connectivity index (χ2n) is 3.52. The van der Waals surface area contributed by atoms with Gasteiger partial charge in [0.1, 0.15) is 12.4 Å². The zero-order valence-corrected chi connectivity index (χ0v) is 11.1. The molecule has 0 saturated carbocycles. The Labute approximate surface area is 111 Å². The highest BCUT2D eigenvalue weighted by molar-refractivity contribution is 7.89. The van der Waals surface area contributed by atoms with E-state index in [1.807, 2.05) is 0 Å². The number of nitrogens with one attached hydrogen (secondary N) is 1.